The average Bonchev–Trinajstić information content (AvgIpc) is 3.03. The van der Waals surface area contributed by atoms with Gasteiger partial charge in [0.15, 0.2) is 0 Å². The van der Waals surface area contributed by atoms with Crippen molar-refractivity contribution in [2.75, 3.05) is 6.54 Å². The average molecular weight is 348 g/mol. The maximum atomic E-state index is 13.6. The van der Waals surface area contributed by atoms with Crippen LogP contribution in [0.1, 0.15) is 17.5 Å². The largest absolute Gasteiger partial charge is 0.356 e. The molecule has 0 unspecified atom stereocenters. The zero-order chi connectivity index (χ0) is 16.9. The fraction of sp³-hybridized carbons (Fsp3) is 0.250. The van der Waals surface area contributed by atoms with Crippen molar-refractivity contribution in [3.05, 3.63) is 58.9 Å². The highest BCUT2D eigenvalue weighted by atomic mass is 35.5. The van der Waals surface area contributed by atoms with Crippen LogP contribution in [0, 0.1) is 5.82 Å². The van der Waals surface area contributed by atoms with E-state index in [4.69, 9.17) is 11.6 Å². The SMILES string of the molecule is O=C(Cc1c(F)cccc1Cl)NCCCc1cnc2ncnn2c1. The Morgan fingerprint density at radius 2 is 2.21 bits per heavy atom. The number of carbonyl (C=O) groups excluding carboxylic acids is 1. The number of fused-ring (bicyclic) bond motifs is 1. The number of rotatable bonds is 6. The first-order chi connectivity index (χ1) is 11.6. The number of hydrogen-bond acceptors (Lipinski definition) is 4. The molecule has 0 aliphatic carbocycles. The van der Waals surface area contributed by atoms with E-state index in [2.05, 4.69) is 20.4 Å². The highest BCUT2D eigenvalue weighted by molar-refractivity contribution is 6.31. The van der Waals surface area contributed by atoms with E-state index in [1.807, 2.05) is 6.20 Å². The third kappa shape index (κ3) is 3.86. The molecule has 0 saturated heterocycles. The minimum absolute atomic E-state index is 0.0715. The standard InChI is InChI=1S/C16H15ClFN5O/c17-13-4-1-5-14(18)12(13)7-15(24)19-6-2-3-11-8-20-16-21-10-22-23(16)9-11/h1,4-5,8-10H,2-3,6-7H2,(H,19,24). The van der Waals surface area contributed by atoms with Gasteiger partial charge in [-0.25, -0.2) is 13.9 Å². The second kappa shape index (κ2) is 7.35. The number of halogens is 2. The number of benzene rings is 1. The van der Waals surface area contributed by atoms with E-state index in [1.54, 1.807) is 16.8 Å². The van der Waals surface area contributed by atoms with Crippen LogP contribution in [0.5, 0.6) is 0 Å². The van der Waals surface area contributed by atoms with Crippen LogP contribution in [-0.4, -0.2) is 32.0 Å². The summed E-state index contributed by atoms with van der Waals surface area (Å²) in [6.45, 7) is 0.486. The fourth-order valence-corrected chi connectivity index (χ4v) is 2.56. The van der Waals surface area contributed by atoms with Gasteiger partial charge in [0.25, 0.3) is 5.78 Å². The van der Waals surface area contributed by atoms with Gasteiger partial charge >= 0.3 is 0 Å². The summed E-state index contributed by atoms with van der Waals surface area (Å²) in [4.78, 5) is 20.0. The molecule has 2 aromatic heterocycles. The second-order valence-corrected chi connectivity index (χ2v) is 5.70. The molecule has 1 N–H and O–H groups in total. The normalized spacial score (nSPS) is 10.9. The van der Waals surface area contributed by atoms with Crippen LogP contribution in [0.2, 0.25) is 5.02 Å². The van der Waals surface area contributed by atoms with Crippen molar-refractivity contribution in [2.24, 2.45) is 0 Å². The third-order valence-electron chi connectivity index (χ3n) is 3.55. The van der Waals surface area contributed by atoms with Gasteiger partial charge in [0.1, 0.15) is 12.1 Å². The molecule has 0 bridgehead atoms. The number of hydrogen-bond donors (Lipinski definition) is 1. The number of nitrogens with zero attached hydrogens (tertiary/aromatic N) is 4. The van der Waals surface area contributed by atoms with Crippen LogP contribution in [0.25, 0.3) is 5.78 Å². The van der Waals surface area contributed by atoms with Crippen molar-refractivity contribution in [1.82, 2.24) is 24.9 Å². The van der Waals surface area contributed by atoms with Crippen molar-refractivity contribution in [2.45, 2.75) is 19.3 Å². The number of amides is 1. The molecule has 0 spiro atoms. The summed E-state index contributed by atoms with van der Waals surface area (Å²) in [6.07, 6.45) is 6.45. The van der Waals surface area contributed by atoms with E-state index in [-0.39, 0.29) is 22.9 Å². The Kier molecular flexibility index (Phi) is 5.00. The minimum Gasteiger partial charge on any atom is -0.356 e. The lowest BCUT2D eigenvalue weighted by Crippen LogP contribution is -2.26. The molecule has 3 aromatic rings. The monoisotopic (exact) mass is 347 g/mol. The van der Waals surface area contributed by atoms with Crippen molar-refractivity contribution in [1.29, 1.82) is 0 Å². The lowest BCUT2D eigenvalue weighted by atomic mass is 10.1. The molecule has 0 saturated carbocycles. The summed E-state index contributed by atoms with van der Waals surface area (Å²) >= 11 is 5.91. The molecule has 6 nitrogen and oxygen atoms in total. The summed E-state index contributed by atoms with van der Waals surface area (Å²) in [5.41, 5.74) is 1.22. The van der Waals surface area contributed by atoms with Gasteiger partial charge < -0.3 is 5.32 Å². The first-order valence-electron chi connectivity index (χ1n) is 7.47. The van der Waals surface area contributed by atoms with E-state index >= 15 is 0 Å². The number of carbonyl (C=O) groups is 1. The zero-order valence-electron chi connectivity index (χ0n) is 12.7. The van der Waals surface area contributed by atoms with Gasteiger partial charge in [0.05, 0.1) is 6.42 Å². The van der Waals surface area contributed by atoms with Crippen LogP contribution >= 0.6 is 11.6 Å². The van der Waals surface area contributed by atoms with E-state index in [0.29, 0.717) is 12.3 Å². The molecule has 2 heterocycles. The number of nitrogens with one attached hydrogen (secondary N) is 1. The van der Waals surface area contributed by atoms with Crippen LogP contribution < -0.4 is 5.32 Å². The van der Waals surface area contributed by atoms with Crippen LogP contribution in [0.3, 0.4) is 0 Å². The first kappa shape index (κ1) is 16.3. The van der Waals surface area contributed by atoms with Crippen LogP contribution in [0.4, 0.5) is 4.39 Å². The Balaban J connectivity index is 1.46. The molecular weight excluding hydrogens is 333 g/mol. The van der Waals surface area contributed by atoms with Gasteiger partial charge in [-0.1, -0.05) is 17.7 Å². The predicted molar refractivity (Wildman–Crippen MR) is 87.2 cm³/mol. The van der Waals surface area contributed by atoms with Crippen molar-refractivity contribution >= 4 is 23.3 Å². The Morgan fingerprint density at radius 1 is 1.33 bits per heavy atom. The third-order valence-corrected chi connectivity index (χ3v) is 3.91. The molecule has 0 fully saturated rings. The lowest BCUT2D eigenvalue weighted by molar-refractivity contribution is -0.120. The van der Waals surface area contributed by atoms with E-state index < -0.39 is 5.82 Å². The topological polar surface area (TPSA) is 72.2 Å². The van der Waals surface area contributed by atoms with Gasteiger partial charge in [-0.3, -0.25) is 4.79 Å². The van der Waals surface area contributed by atoms with Gasteiger partial charge in [0, 0.05) is 29.5 Å². The predicted octanol–water partition coefficient (Wildman–Crippen LogP) is 2.21. The van der Waals surface area contributed by atoms with Gasteiger partial charge in [-0.05, 0) is 30.5 Å². The summed E-state index contributed by atoms with van der Waals surface area (Å²) in [5, 5.41) is 7.05. The van der Waals surface area contributed by atoms with E-state index in [1.165, 1.54) is 18.5 Å². The minimum atomic E-state index is -0.468. The Hall–Kier alpha value is -2.54. The van der Waals surface area contributed by atoms with Crippen molar-refractivity contribution in [3.63, 3.8) is 0 Å². The zero-order valence-corrected chi connectivity index (χ0v) is 13.5. The Bertz CT molecular complexity index is 846. The van der Waals surface area contributed by atoms with Crippen molar-refractivity contribution in [3.8, 4) is 0 Å². The summed E-state index contributed by atoms with van der Waals surface area (Å²) < 4.78 is 15.2. The molecule has 1 aromatic carbocycles. The van der Waals surface area contributed by atoms with E-state index in [9.17, 15) is 9.18 Å². The quantitative estimate of drug-likeness (QED) is 0.694. The van der Waals surface area contributed by atoms with Crippen molar-refractivity contribution < 1.29 is 9.18 Å². The molecule has 24 heavy (non-hydrogen) atoms. The Morgan fingerprint density at radius 3 is 3.04 bits per heavy atom. The molecule has 0 atom stereocenters. The van der Waals surface area contributed by atoms with E-state index in [0.717, 1.165) is 18.4 Å². The maximum absolute atomic E-state index is 13.6. The summed E-state index contributed by atoms with van der Waals surface area (Å²) in [6, 6.07) is 4.38. The lowest BCUT2D eigenvalue weighted by Gasteiger charge is -2.07. The molecular formula is C16H15ClFN5O. The van der Waals surface area contributed by atoms with Crippen LogP contribution in [0.15, 0.2) is 36.9 Å². The molecule has 0 aliphatic heterocycles. The highest BCUT2D eigenvalue weighted by Crippen LogP contribution is 2.19. The smallest absolute Gasteiger partial charge is 0.252 e. The molecule has 3 rings (SSSR count). The van der Waals surface area contributed by atoms with Gasteiger partial charge in [0.2, 0.25) is 5.91 Å². The van der Waals surface area contributed by atoms with Gasteiger partial charge in [-0.2, -0.15) is 10.1 Å². The highest BCUT2D eigenvalue weighted by Gasteiger charge is 2.11. The van der Waals surface area contributed by atoms with Crippen LogP contribution in [-0.2, 0) is 17.6 Å². The maximum Gasteiger partial charge on any atom is 0.252 e. The molecule has 124 valence electrons. The number of aromatic nitrogens is 4. The fourth-order valence-electron chi connectivity index (χ4n) is 2.33. The Labute approximate surface area is 142 Å². The van der Waals surface area contributed by atoms with Gasteiger partial charge in [-0.15, -0.1) is 0 Å². The summed E-state index contributed by atoms with van der Waals surface area (Å²) in [7, 11) is 0. The molecule has 1 amide bonds. The second-order valence-electron chi connectivity index (χ2n) is 5.30. The molecule has 0 radical (unpaired) electrons. The molecule has 0 aliphatic rings. The summed E-state index contributed by atoms with van der Waals surface area (Å²) in [5.74, 6) is -0.175. The first-order valence-corrected chi connectivity index (χ1v) is 7.85. The molecule has 8 heteroatoms. The number of aryl methyl sites for hydroxylation is 1.